The lowest BCUT2D eigenvalue weighted by Crippen LogP contribution is -2.38. The van der Waals surface area contributed by atoms with Crippen molar-refractivity contribution >= 4 is 11.5 Å². The zero-order chi connectivity index (χ0) is 14.0. The number of anilines is 1. The highest BCUT2D eigenvalue weighted by Gasteiger charge is 2.29. The van der Waals surface area contributed by atoms with Gasteiger partial charge in [-0.15, -0.1) is 0 Å². The first-order valence-electron chi connectivity index (χ1n) is 7.08. The van der Waals surface area contributed by atoms with E-state index in [2.05, 4.69) is 31.7 Å². The van der Waals surface area contributed by atoms with E-state index in [9.17, 15) is 0 Å². The molecule has 2 rings (SSSR count). The second-order valence-corrected chi connectivity index (χ2v) is 6.56. The minimum Gasteiger partial charge on any atom is -0.384 e. The number of benzene rings is 1. The lowest BCUT2D eigenvalue weighted by Gasteiger charge is -2.40. The molecule has 0 radical (unpaired) electrons. The van der Waals surface area contributed by atoms with Crippen LogP contribution in [0.25, 0.3) is 0 Å². The van der Waals surface area contributed by atoms with E-state index in [1.165, 1.54) is 12.8 Å². The maximum Gasteiger partial charge on any atom is 0.124 e. The number of hydrogen-bond donors (Lipinski definition) is 2. The Labute approximate surface area is 116 Å². The van der Waals surface area contributed by atoms with Crippen LogP contribution in [0, 0.1) is 16.7 Å². The Balaban J connectivity index is 2.12. The minimum atomic E-state index is 0.161. The first kappa shape index (κ1) is 13.9. The molecule has 3 nitrogen and oxygen atoms in total. The first-order chi connectivity index (χ1) is 8.89. The summed E-state index contributed by atoms with van der Waals surface area (Å²) in [7, 11) is 0. The summed E-state index contributed by atoms with van der Waals surface area (Å²) in [6, 6.07) is 7.99. The van der Waals surface area contributed by atoms with Gasteiger partial charge in [-0.2, -0.15) is 0 Å². The van der Waals surface area contributed by atoms with Gasteiger partial charge in [0, 0.05) is 24.3 Å². The van der Waals surface area contributed by atoms with Crippen molar-refractivity contribution in [3.05, 3.63) is 29.8 Å². The van der Waals surface area contributed by atoms with Crippen LogP contribution in [-0.2, 0) is 0 Å². The van der Waals surface area contributed by atoms with Crippen molar-refractivity contribution < 1.29 is 0 Å². The van der Waals surface area contributed by atoms with Crippen molar-refractivity contribution in [1.29, 1.82) is 5.41 Å². The maximum atomic E-state index is 7.68. The maximum absolute atomic E-state index is 7.68. The Morgan fingerprint density at radius 2 is 1.79 bits per heavy atom. The fourth-order valence-corrected chi connectivity index (χ4v) is 2.96. The highest BCUT2D eigenvalue weighted by molar-refractivity contribution is 6.00. The Morgan fingerprint density at radius 1 is 1.21 bits per heavy atom. The molecule has 19 heavy (non-hydrogen) atoms. The summed E-state index contributed by atoms with van der Waals surface area (Å²) >= 11 is 0. The van der Waals surface area contributed by atoms with Gasteiger partial charge in [0.2, 0.25) is 0 Å². The lowest BCUT2D eigenvalue weighted by molar-refractivity contribution is 0.199. The monoisotopic (exact) mass is 259 g/mol. The highest BCUT2D eigenvalue weighted by atomic mass is 15.1. The highest BCUT2D eigenvalue weighted by Crippen LogP contribution is 2.36. The summed E-state index contributed by atoms with van der Waals surface area (Å²) in [6.07, 6.45) is 2.44. The van der Waals surface area contributed by atoms with E-state index in [-0.39, 0.29) is 5.84 Å². The molecule has 0 saturated carbocycles. The molecule has 1 aliphatic heterocycles. The predicted molar refractivity (Wildman–Crippen MR) is 81.9 cm³/mol. The number of nitrogens with one attached hydrogen (secondary N) is 1. The molecular weight excluding hydrogens is 234 g/mol. The van der Waals surface area contributed by atoms with Crippen LogP contribution in [0.15, 0.2) is 24.3 Å². The quantitative estimate of drug-likeness (QED) is 0.633. The summed E-state index contributed by atoms with van der Waals surface area (Å²) in [5.74, 6) is 0.946. The number of nitrogen functional groups attached to an aromatic ring is 1. The normalized spacial score (nSPS) is 17.5. The van der Waals surface area contributed by atoms with E-state index in [4.69, 9.17) is 11.1 Å². The van der Waals surface area contributed by atoms with Crippen LogP contribution in [0.3, 0.4) is 0 Å². The first-order valence-corrected chi connectivity index (χ1v) is 7.08. The second kappa shape index (κ2) is 5.24. The van der Waals surface area contributed by atoms with Gasteiger partial charge in [-0.25, -0.2) is 0 Å². The van der Waals surface area contributed by atoms with E-state index in [1.54, 1.807) is 0 Å². The lowest BCUT2D eigenvalue weighted by atomic mass is 9.75. The van der Waals surface area contributed by atoms with Crippen molar-refractivity contribution in [3.63, 3.8) is 0 Å². The van der Waals surface area contributed by atoms with Crippen LogP contribution in [-0.4, -0.2) is 18.9 Å². The number of rotatable bonds is 2. The molecule has 0 bridgehead atoms. The van der Waals surface area contributed by atoms with Gasteiger partial charge in [0.15, 0.2) is 0 Å². The van der Waals surface area contributed by atoms with Gasteiger partial charge in [-0.3, -0.25) is 5.41 Å². The van der Waals surface area contributed by atoms with Gasteiger partial charge in [-0.05, 0) is 36.3 Å². The van der Waals surface area contributed by atoms with Crippen molar-refractivity contribution in [2.24, 2.45) is 17.1 Å². The Morgan fingerprint density at radius 3 is 2.32 bits per heavy atom. The minimum absolute atomic E-state index is 0.161. The summed E-state index contributed by atoms with van der Waals surface area (Å²) in [5.41, 5.74) is 8.04. The van der Waals surface area contributed by atoms with Crippen molar-refractivity contribution in [2.75, 3.05) is 18.0 Å². The Hall–Kier alpha value is -1.51. The zero-order valence-electron chi connectivity index (χ0n) is 12.2. The smallest absolute Gasteiger partial charge is 0.124 e. The van der Waals surface area contributed by atoms with Gasteiger partial charge in [0.25, 0.3) is 0 Å². The van der Waals surface area contributed by atoms with E-state index in [0.29, 0.717) is 5.41 Å². The molecule has 1 fully saturated rings. The standard InChI is InChI=1S/C16H25N3/c1-16(2,3)12-8-10-19(11-9-12)14-7-5-4-6-13(14)15(17)18/h4-7,12H,8-11H2,1-3H3,(H3,17,18). The molecule has 3 N–H and O–H groups in total. The molecule has 0 aliphatic carbocycles. The third-order valence-corrected chi connectivity index (χ3v) is 4.25. The molecule has 1 heterocycles. The van der Waals surface area contributed by atoms with Crippen molar-refractivity contribution in [3.8, 4) is 0 Å². The van der Waals surface area contributed by atoms with Crippen LogP contribution >= 0.6 is 0 Å². The number of hydrogen-bond acceptors (Lipinski definition) is 2. The average Bonchev–Trinajstić information content (AvgIpc) is 2.38. The zero-order valence-corrected chi connectivity index (χ0v) is 12.2. The van der Waals surface area contributed by atoms with Crippen LogP contribution in [0.1, 0.15) is 39.2 Å². The molecule has 104 valence electrons. The summed E-state index contributed by atoms with van der Waals surface area (Å²) in [4.78, 5) is 2.37. The summed E-state index contributed by atoms with van der Waals surface area (Å²) in [6.45, 7) is 9.11. The predicted octanol–water partition coefficient (Wildman–Crippen LogP) is 3.23. The van der Waals surface area contributed by atoms with Crippen LogP contribution < -0.4 is 10.6 Å². The Bertz CT molecular complexity index is 451. The second-order valence-electron chi connectivity index (χ2n) is 6.56. The average molecular weight is 259 g/mol. The third kappa shape index (κ3) is 3.09. The molecule has 0 unspecified atom stereocenters. The van der Waals surface area contributed by atoms with E-state index in [0.717, 1.165) is 30.3 Å². The number of amidine groups is 1. The number of nitrogens with zero attached hydrogens (tertiary/aromatic N) is 1. The molecule has 0 spiro atoms. The van der Waals surface area contributed by atoms with Crippen molar-refractivity contribution in [1.82, 2.24) is 0 Å². The Kier molecular flexibility index (Phi) is 3.83. The number of piperidine rings is 1. The largest absolute Gasteiger partial charge is 0.384 e. The van der Waals surface area contributed by atoms with Gasteiger partial charge >= 0.3 is 0 Å². The van der Waals surface area contributed by atoms with E-state index >= 15 is 0 Å². The van der Waals surface area contributed by atoms with E-state index in [1.807, 2.05) is 18.2 Å². The summed E-state index contributed by atoms with van der Waals surface area (Å²) in [5, 5.41) is 7.68. The summed E-state index contributed by atoms with van der Waals surface area (Å²) < 4.78 is 0. The van der Waals surface area contributed by atoms with Crippen molar-refractivity contribution in [2.45, 2.75) is 33.6 Å². The molecule has 3 heteroatoms. The molecular formula is C16H25N3. The van der Waals surface area contributed by atoms with Gasteiger partial charge in [0.05, 0.1) is 0 Å². The van der Waals surface area contributed by atoms with Crippen LogP contribution in [0.4, 0.5) is 5.69 Å². The molecule has 0 amide bonds. The van der Waals surface area contributed by atoms with Crippen LogP contribution in [0.5, 0.6) is 0 Å². The van der Waals surface area contributed by atoms with Gasteiger partial charge in [0.1, 0.15) is 5.84 Å². The number of para-hydroxylation sites is 1. The topological polar surface area (TPSA) is 53.1 Å². The molecule has 1 aliphatic rings. The van der Waals surface area contributed by atoms with Gasteiger partial charge < -0.3 is 10.6 Å². The fraction of sp³-hybridized carbons (Fsp3) is 0.562. The molecule has 0 atom stereocenters. The molecule has 1 saturated heterocycles. The van der Waals surface area contributed by atoms with Crippen LogP contribution in [0.2, 0.25) is 0 Å². The fourth-order valence-electron chi connectivity index (χ4n) is 2.96. The molecule has 1 aromatic carbocycles. The third-order valence-electron chi connectivity index (χ3n) is 4.25. The van der Waals surface area contributed by atoms with Gasteiger partial charge in [-0.1, -0.05) is 32.9 Å². The van der Waals surface area contributed by atoms with E-state index < -0.39 is 0 Å². The molecule has 1 aromatic rings. The number of nitrogens with two attached hydrogens (primary N) is 1. The SMILES string of the molecule is CC(C)(C)C1CCN(c2ccccc2C(=N)N)CC1. The molecule has 0 aromatic heterocycles.